The van der Waals surface area contributed by atoms with Crippen molar-refractivity contribution in [2.45, 2.75) is 51.2 Å². The number of likely N-dealkylation sites (N-methyl/N-ethyl adjacent to an activating group) is 1. The van der Waals surface area contributed by atoms with Crippen molar-refractivity contribution in [3.8, 4) is 0 Å². The standard InChI is InChI=1S/C13H22N2O3/c1-3-4-9-5-6-10(16)7-11(9)15-12(17)8-14(2)13(15)18/h9-11,16H,3-8H2,1-2H3. The van der Waals surface area contributed by atoms with Gasteiger partial charge in [-0.05, 0) is 31.6 Å². The molecule has 2 rings (SSSR count). The highest BCUT2D eigenvalue weighted by atomic mass is 16.3. The summed E-state index contributed by atoms with van der Waals surface area (Å²) in [4.78, 5) is 26.8. The molecule has 1 N–H and O–H groups in total. The predicted octanol–water partition coefficient (Wildman–Crippen LogP) is 1.21. The number of hydrogen-bond acceptors (Lipinski definition) is 3. The Morgan fingerprint density at radius 1 is 1.33 bits per heavy atom. The molecule has 0 radical (unpaired) electrons. The van der Waals surface area contributed by atoms with E-state index in [1.165, 1.54) is 9.80 Å². The molecule has 0 spiro atoms. The fraction of sp³-hybridized carbons (Fsp3) is 0.846. The molecule has 0 aromatic heterocycles. The number of aliphatic hydroxyl groups is 1. The Balaban J connectivity index is 2.16. The Bertz CT molecular complexity index is 345. The quantitative estimate of drug-likeness (QED) is 0.770. The summed E-state index contributed by atoms with van der Waals surface area (Å²) in [6.07, 6.45) is 3.90. The maximum atomic E-state index is 12.0. The number of urea groups is 1. The van der Waals surface area contributed by atoms with Gasteiger partial charge in [0.05, 0.1) is 6.10 Å². The van der Waals surface area contributed by atoms with Crippen molar-refractivity contribution in [2.75, 3.05) is 13.6 Å². The zero-order valence-electron chi connectivity index (χ0n) is 11.1. The lowest BCUT2D eigenvalue weighted by atomic mass is 9.79. The van der Waals surface area contributed by atoms with Crippen molar-refractivity contribution in [2.24, 2.45) is 5.92 Å². The minimum atomic E-state index is -0.380. The molecule has 102 valence electrons. The predicted molar refractivity (Wildman–Crippen MR) is 66.9 cm³/mol. The highest BCUT2D eigenvalue weighted by Gasteiger charge is 2.43. The van der Waals surface area contributed by atoms with Crippen LogP contribution >= 0.6 is 0 Å². The Labute approximate surface area is 108 Å². The van der Waals surface area contributed by atoms with Crippen LogP contribution in [0.2, 0.25) is 0 Å². The number of hydrogen-bond donors (Lipinski definition) is 1. The van der Waals surface area contributed by atoms with Gasteiger partial charge in [-0.3, -0.25) is 9.69 Å². The average Bonchev–Trinajstić information content (AvgIpc) is 2.56. The molecule has 1 aliphatic heterocycles. The van der Waals surface area contributed by atoms with Gasteiger partial charge in [-0.15, -0.1) is 0 Å². The first-order valence-corrected chi connectivity index (χ1v) is 6.79. The summed E-state index contributed by atoms with van der Waals surface area (Å²) in [7, 11) is 1.65. The summed E-state index contributed by atoms with van der Waals surface area (Å²) in [5.74, 6) is 0.223. The topological polar surface area (TPSA) is 60.9 Å². The Hall–Kier alpha value is -1.10. The molecule has 1 heterocycles. The van der Waals surface area contributed by atoms with Crippen LogP contribution in [0, 0.1) is 5.92 Å². The van der Waals surface area contributed by atoms with Crippen LogP contribution in [0.1, 0.15) is 39.0 Å². The molecule has 1 aliphatic carbocycles. The van der Waals surface area contributed by atoms with Gasteiger partial charge in [-0.25, -0.2) is 4.79 Å². The van der Waals surface area contributed by atoms with Gasteiger partial charge in [-0.2, -0.15) is 0 Å². The zero-order chi connectivity index (χ0) is 13.3. The molecule has 0 bridgehead atoms. The van der Waals surface area contributed by atoms with E-state index in [9.17, 15) is 14.7 Å². The Kier molecular flexibility index (Phi) is 3.90. The van der Waals surface area contributed by atoms with Gasteiger partial charge in [0.15, 0.2) is 0 Å². The first kappa shape index (κ1) is 13.3. The van der Waals surface area contributed by atoms with E-state index < -0.39 is 0 Å². The third-order valence-electron chi connectivity index (χ3n) is 4.09. The fourth-order valence-electron chi connectivity index (χ4n) is 3.18. The van der Waals surface area contributed by atoms with Gasteiger partial charge in [0, 0.05) is 13.1 Å². The maximum absolute atomic E-state index is 12.0. The second-order valence-electron chi connectivity index (χ2n) is 5.49. The molecule has 2 aliphatic rings. The maximum Gasteiger partial charge on any atom is 0.327 e. The van der Waals surface area contributed by atoms with Crippen molar-refractivity contribution >= 4 is 11.9 Å². The van der Waals surface area contributed by atoms with Crippen molar-refractivity contribution in [3.63, 3.8) is 0 Å². The SMILES string of the molecule is CCCC1CCC(O)CC1N1C(=O)CN(C)C1=O. The Morgan fingerprint density at radius 2 is 2.06 bits per heavy atom. The van der Waals surface area contributed by atoms with Crippen LogP contribution in [0.3, 0.4) is 0 Å². The first-order chi connectivity index (χ1) is 8.54. The van der Waals surface area contributed by atoms with E-state index in [-0.39, 0.29) is 30.6 Å². The average molecular weight is 254 g/mol. The summed E-state index contributed by atoms with van der Waals surface area (Å²) < 4.78 is 0. The number of amides is 3. The van der Waals surface area contributed by atoms with Crippen LogP contribution in [0.15, 0.2) is 0 Å². The van der Waals surface area contributed by atoms with Crippen LogP contribution in [-0.2, 0) is 4.79 Å². The van der Waals surface area contributed by atoms with Crippen molar-refractivity contribution in [3.05, 3.63) is 0 Å². The molecule has 2 fully saturated rings. The molecule has 1 saturated heterocycles. The molecule has 18 heavy (non-hydrogen) atoms. The second kappa shape index (κ2) is 5.26. The number of carbonyl (C=O) groups excluding carboxylic acids is 2. The van der Waals surface area contributed by atoms with Crippen LogP contribution in [0.25, 0.3) is 0 Å². The largest absolute Gasteiger partial charge is 0.393 e. The molecule has 5 heteroatoms. The minimum Gasteiger partial charge on any atom is -0.393 e. The lowest BCUT2D eigenvalue weighted by Gasteiger charge is -2.38. The molecule has 3 atom stereocenters. The van der Waals surface area contributed by atoms with E-state index >= 15 is 0 Å². The van der Waals surface area contributed by atoms with Gasteiger partial charge in [0.1, 0.15) is 6.54 Å². The van der Waals surface area contributed by atoms with E-state index in [1.807, 2.05) is 0 Å². The van der Waals surface area contributed by atoms with Gasteiger partial charge < -0.3 is 10.0 Å². The van der Waals surface area contributed by atoms with E-state index in [0.717, 1.165) is 25.7 Å². The highest BCUT2D eigenvalue weighted by molar-refractivity contribution is 6.02. The summed E-state index contributed by atoms with van der Waals surface area (Å²) in [6, 6.07) is -0.321. The first-order valence-electron chi connectivity index (χ1n) is 6.79. The molecule has 3 amide bonds. The summed E-state index contributed by atoms with van der Waals surface area (Å²) in [5.41, 5.74) is 0. The number of rotatable bonds is 3. The van der Waals surface area contributed by atoms with Crippen LogP contribution in [0.5, 0.6) is 0 Å². The summed E-state index contributed by atoms with van der Waals surface area (Å²) >= 11 is 0. The highest BCUT2D eigenvalue weighted by Crippen LogP contribution is 2.33. The van der Waals surface area contributed by atoms with Gasteiger partial charge in [-0.1, -0.05) is 13.3 Å². The molecular weight excluding hydrogens is 232 g/mol. The number of aliphatic hydroxyl groups excluding tert-OH is 1. The zero-order valence-corrected chi connectivity index (χ0v) is 11.1. The third kappa shape index (κ3) is 2.36. The van der Waals surface area contributed by atoms with Crippen molar-refractivity contribution in [1.29, 1.82) is 0 Å². The summed E-state index contributed by atoms with van der Waals surface area (Å²) in [5, 5.41) is 9.80. The normalized spacial score (nSPS) is 33.4. The lowest BCUT2D eigenvalue weighted by Crippen LogP contribution is -2.49. The molecule has 0 aromatic carbocycles. The molecular formula is C13H22N2O3. The van der Waals surface area contributed by atoms with E-state index in [4.69, 9.17) is 0 Å². The number of imide groups is 1. The number of carbonyl (C=O) groups is 2. The molecule has 0 aromatic rings. The fourth-order valence-corrected chi connectivity index (χ4v) is 3.18. The van der Waals surface area contributed by atoms with Crippen molar-refractivity contribution < 1.29 is 14.7 Å². The monoisotopic (exact) mass is 254 g/mol. The second-order valence-corrected chi connectivity index (χ2v) is 5.49. The van der Waals surface area contributed by atoms with Crippen LogP contribution in [-0.4, -0.2) is 52.6 Å². The van der Waals surface area contributed by atoms with Crippen LogP contribution < -0.4 is 0 Å². The summed E-state index contributed by atoms with van der Waals surface area (Å²) in [6.45, 7) is 2.28. The molecule has 1 saturated carbocycles. The van der Waals surface area contributed by atoms with E-state index in [1.54, 1.807) is 7.05 Å². The Morgan fingerprint density at radius 3 is 2.61 bits per heavy atom. The smallest absolute Gasteiger partial charge is 0.327 e. The third-order valence-corrected chi connectivity index (χ3v) is 4.09. The van der Waals surface area contributed by atoms with Crippen molar-refractivity contribution in [1.82, 2.24) is 9.80 Å². The van der Waals surface area contributed by atoms with E-state index in [0.29, 0.717) is 12.3 Å². The number of nitrogens with zero attached hydrogens (tertiary/aromatic N) is 2. The van der Waals surface area contributed by atoms with Crippen LogP contribution in [0.4, 0.5) is 4.79 Å². The van der Waals surface area contributed by atoms with E-state index in [2.05, 4.69) is 6.92 Å². The molecule has 5 nitrogen and oxygen atoms in total. The van der Waals surface area contributed by atoms with Gasteiger partial charge >= 0.3 is 6.03 Å². The van der Waals surface area contributed by atoms with Gasteiger partial charge in [0.2, 0.25) is 0 Å². The lowest BCUT2D eigenvalue weighted by molar-refractivity contribution is -0.128. The molecule has 3 unspecified atom stereocenters. The minimum absolute atomic E-state index is 0.112. The van der Waals surface area contributed by atoms with Gasteiger partial charge in [0.25, 0.3) is 5.91 Å².